The predicted octanol–water partition coefficient (Wildman–Crippen LogP) is 3.65. The number of H-pyrrole nitrogens is 1. The number of piperazine rings is 1. The number of aliphatic hydroxyl groups is 1. The number of carbonyl (C=O) groups is 1. The molecule has 2 N–H and O–H groups in total. The van der Waals surface area contributed by atoms with Crippen molar-refractivity contribution < 1.29 is 19.2 Å². The summed E-state index contributed by atoms with van der Waals surface area (Å²) in [5, 5.41) is 14.8. The molecule has 1 fully saturated rings. The van der Waals surface area contributed by atoms with Crippen molar-refractivity contribution in [2.24, 2.45) is 0 Å². The lowest BCUT2D eigenvalue weighted by Gasteiger charge is -2.33. The number of aromatic amines is 1. The summed E-state index contributed by atoms with van der Waals surface area (Å²) in [5.74, 6) is 0.522. The minimum atomic E-state index is -0.801. The Morgan fingerprint density at radius 3 is 2.59 bits per heavy atom. The number of nitrogens with one attached hydrogen (secondary N) is 1. The quantitative estimate of drug-likeness (QED) is 0.320. The van der Waals surface area contributed by atoms with Crippen LogP contribution in [-0.2, 0) is 6.54 Å². The van der Waals surface area contributed by atoms with Gasteiger partial charge in [0.2, 0.25) is 5.89 Å². The van der Waals surface area contributed by atoms with Gasteiger partial charge in [-0.2, -0.15) is 4.98 Å². The second kappa shape index (κ2) is 11.0. The molecule has 3 heterocycles. The van der Waals surface area contributed by atoms with E-state index < -0.39 is 5.92 Å². The number of halogens is 1. The fraction of sp³-hybridized carbons (Fsp3) is 0.370. The van der Waals surface area contributed by atoms with Crippen LogP contribution in [0.15, 0.2) is 47.0 Å². The Labute approximate surface area is 220 Å². The molecule has 0 spiro atoms. The number of aliphatic hydroxyl groups excluding tert-OH is 1. The average molecular weight is 524 g/mol. The lowest BCUT2D eigenvalue weighted by Crippen LogP contribution is -2.46. The summed E-state index contributed by atoms with van der Waals surface area (Å²) in [6.45, 7) is 6.75. The number of β-amino-alcohol motifs (C(OH)–C–C–N with tert-alkyl or cyclic N) is 1. The zero-order chi connectivity index (χ0) is 25.9. The number of methoxy groups -OCH3 is 1. The maximum Gasteiger partial charge on any atom is 0.242 e. The van der Waals surface area contributed by atoms with Gasteiger partial charge < -0.3 is 19.4 Å². The molecule has 2 aromatic heterocycles. The standard InChI is InChI=1S/C27H30ClN5O4/c1-17-24(21-15-20(36-2)7-8-22(21)29-17)25(26(35)18-3-5-19(28)6-4-18)27-30-23(31-37-27)16-33-11-9-32(10-12-33)13-14-34/h3-8,15,25,29,34H,9-14,16H2,1-2H3. The first kappa shape index (κ1) is 25.4. The number of ketones is 1. The molecule has 2 aromatic carbocycles. The van der Waals surface area contributed by atoms with Crippen molar-refractivity contribution >= 4 is 28.3 Å². The molecule has 0 amide bonds. The van der Waals surface area contributed by atoms with E-state index in [4.69, 9.17) is 25.8 Å². The average Bonchev–Trinajstić information content (AvgIpc) is 3.49. The van der Waals surface area contributed by atoms with Gasteiger partial charge in [-0.25, -0.2) is 0 Å². The molecule has 1 aliphatic rings. The lowest BCUT2D eigenvalue weighted by molar-refractivity contribution is 0.0961. The van der Waals surface area contributed by atoms with Gasteiger partial charge in [-0.3, -0.25) is 14.6 Å². The van der Waals surface area contributed by atoms with E-state index in [9.17, 15) is 9.90 Å². The van der Waals surface area contributed by atoms with E-state index in [1.807, 2.05) is 25.1 Å². The third-order valence-electron chi connectivity index (χ3n) is 6.90. The smallest absolute Gasteiger partial charge is 0.242 e. The summed E-state index contributed by atoms with van der Waals surface area (Å²) in [4.78, 5) is 26.5. The SMILES string of the molecule is COc1ccc2[nH]c(C)c(C(C(=O)c3ccc(Cl)cc3)c3nc(CN4CCN(CCO)CC4)no3)c2c1. The van der Waals surface area contributed by atoms with Gasteiger partial charge in [0.05, 0.1) is 20.3 Å². The number of rotatable bonds is 9. The molecule has 0 radical (unpaired) electrons. The molecular formula is C27H30ClN5O4. The molecular weight excluding hydrogens is 494 g/mol. The zero-order valence-electron chi connectivity index (χ0n) is 20.9. The van der Waals surface area contributed by atoms with E-state index in [0.29, 0.717) is 35.2 Å². The van der Waals surface area contributed by atoms with Crippen LogP contribution in [0.25, 0.3) is 10.9 Å². The van der Waals surface area contributed by atoms with E-state index in [2.05, 4.69) is 19.9 Å². The fourth-order valence-electron chi connectivity index (χ4n) is 4.93. The van der Waals surface area contributed by atoms with Crippen LogP contribution in [0.1, 0.15) is 39.2 Å². The van der Waals surface area contributed by atoms with Crippen LogP contribution < -0.4 is 4.74 Å². The summed E-state index contributed by atoms with van der Waals surface area (Å²) in [6, 6.07) is 12.6. The monoisotopic (exact) mass is 523 g/mol. The molecule has 0 aliphatic carbocycles. The first-order chi connectivity index (χ1) is 18.0. The molecule has 37 heavy (non-hydrogen) atoms. The van der Waals surface area contributed by atoms with Crippen LogP contribution in [0.5, 0.6) is 5.75 Å². The molecule has 1 aliphatic heterocycles. The Hall–Kier alpha value is -3.24. The molecule has 194 valence electrons. The number of nitrogens with zero attached hydrogens (tertiary/aromatic N) is 4. The summed E-state index contributed by atoms with van der Waals surface area (Å²) < 4.78 is 11.2. The van der Waals surface area contributed by atoms with Crippen LogP contribution >= 0.6 is 11.6 Å². The van der Waals surface area contributed by atoms with Gasteiger partial charge >= 0.3 is 0 Å². The molecule has 9 nitrogen and oxygen atoms in total. The third-order valence-corrected chi connectivity index (χ3v) is 7.15. The minimum Gasteiger partial charge on any atom is -0.497 e. The topological polar surface area (TPSA) is 108 Å². The lowest BCUT2D eigenvalue weighted by atomic mass is 9.88. The second-order valence-electron chi connectivity index (χ2n) is 9.27. The van der Waals surface area contributed by atoms with Gasteiger partial charge in [0.1, 0.15) is 11.7 Å². The molecule has 1 atom stereocenters. The number of aromatic nitrogens is 3. The number of benzene rings is 2. The summed E-state index contributed by atoms with van der Waals surface area (Å²) in [7, 11) is 1.62. The highest BCUT2D eigenvalue weighted by Crippen LogP contribution is 2.37. The van der Waals surface area contributed by atoms with E-state index in [1.54, 1.807) is 31.4 Å². The van der Waals surface area contributed by atoms with Crippen molar-refractivity contribution in [3.63, 3.8) is 0 Å². The normalized spacial score (nSPS) is 15.8. The van der Waals surface area contributed by atoms with E-state index in [-0.39, 0.29) is 18.3 Å². The largest absolute Gasteiger partial charge is 0.497 e. The molecule has 5 rings (SSSR count). The first-order valence-electron chi connectivity index (χ1n) is 12.3. The zero-order valence-corrected chi connectivity index (χ0v) is 21.7. The Balaban J connectivity index is 1.49. The second-order valence-corrected chi connectivity index (χ2v) is 9.71. The number of Topliss-reactive ketones (excluding diaryl/α,β-unsaturated/α-hetero) is 1. The highest BCUT2D eigenvalue weighted by molar-refractivity contribution is 6.30. The maximum atomic E-state index is 13.9. The molecule has 0 bridgehead atoms. The van der Waals surface area contributed by atoms with Gasteiger partial charge in [-0.05, 0) is 49.4 Å². The van der Waals surface area contributed by atoms with E-state index in [1.165, 1.54) is 0 Å². The first-order valence-corrected chi connectivity index (χ1v) is 12.7. The number of hydrogen-bond donors (Lipinski definition) is 2. The van der Waals surface area contributed by atoms with Crippen LogP contribution in [0.3, 0.4) is 0 Å². The molecule has 1 saturated heterocycles. The number of hydrogen-bond acceptors (Lipinski definition) is 8. The van der Waals surface area contributed by atoms with Crippen molar-refractivity contribution in [1.29, 1.82) is 0 Å². The Bertz CT molecular complexity index is 1380. The van der Waals surface area contributed by atoms with E-state index >= 15 is 0 Å². The van der Waals surface area contributed by atoms with Gasteiger partial charge in [-0.1, -0.05) is 16.8 Å². The molecule has 1 unspecified atom stereocenters. The predicted molar refractivity (Wildman–Crippen MR) is 140 cm³/mol. The van der Waals surface area contributed by atoms with Gasteiger partial charge in [0.25, 0.3) is 0 Å². The van der Waals surface area contributed by atoms with Crippen molar-refractivity contribution in [2.75, 3.05) is 46.4 Å². The number of carbonyl (C=O) groups excluding carboxylic acids is 1. The van der Waals surface area contributed by atoms with Crippen LogP contribution in [0, 0.1) is 6.92 Å². The fourth-order valence-corrected chi connectivity index (χ4v) is 5.06. The van der Waals surface area contributed by atoms with Gasteiger partial charge in [-0.15, -0.1) is 0 Å². The Kier molecular flexibility index (Phi) is 7.57. The molecule has 0 saturated carbocycles. The minimum absolute atomic E-state index is 0.156. The van der Waals surface area contributed by atoms with Crippen LogP contribution in [0.2, 0.25) is 5.02 Å². The summed E-state index contributed by atoms with van der Waals surface area (Å²) in [6.07, 6.45) is 0. The van der Waals surface area contributed by atoms with Gasteiger partial charge in [0, 0.05) is 65.5 Å². The molecule has 4 aromatic rings. The van der Waals surface area contributed by atoms with E-state index in [0.717, 1.165) is 48.3 Å². The van der Waals surface area contributed by atoms with Crippen molar-refractivity contribution in [3.05, 3.63) is 76.0 Å². The number of fused-ring (bicyclic) bond motifs is 1. The van der Waals surface area contributed by atoms with Crippen molar-refractivity contribution in [1.82, 2.24) is 24.9 Å². The van der Waals surface area contributed by atoms with Gasteiger partial charge in [0.15, 0.2) is 11.6 Å². The van der Waals surface area contributed by atoms with Crippen molar-refractivity contribution in [2.45, 2.75) is 19.4 Å². The number of aryl methyl sites for hydroxylation is 1. The third kappa shape index (κ3) is 5.40. The summed E-state index contributed by atoms with van der Waals surface area (Å²) in [5.41, 5.74) is 3.02. The van der Waals surface area contributed by atoms with Crippen LogP contribution in [0.4, 0.5) is 0 Å². The Morgan fingerprint density at radius 2 is 1.89 bits per heavy atom. The highest BCUT2D eigenvalue weighted by atomic mass is 35.5. The molecule has 10 heteroatoms. The number of ether oxygens (including phenoxy) is 1. The van der Waals surface area contributed by atoms with Crippen molar-refractivity contribution in [3.8, 4) is 5.75 Å². The summed E-state index contributed by atoms with van der Waals surface area (Å²) >= 11 is 6.08. The highest BCUT2D eigenvalue weighted by Gasteiger charge is 2.34. The van der Waals surface area contributed by atoms with Crippen LogP contribution in [-0.4, -0.2) is 82.3 Å². The maximum absolute atomic E-state index is 13.9. The Morgan fingerprint density at radius 1 is 1.16 bits per heavy atom.